The number of nitrogens with one attached hydrogen (secondary N) is 2. The number of carbonyl (C=O) groups is 2. The summed E-state index contributed by atoms with van der Waals surface area (Å²) in [6.07, 6.45) is 2.21. The molecule has 2 heterocycles. The number of nitrogens with zero attached hydrogens (tertiary/aromatic N) is 1. The molecule has 0 bridgehead atoms. The molecule has 2 amide bonds. The van der Waals surface area contributed by atoms with Gasteiger partial charge in [-0.05, 0) is 43.0 Å². The lowest BCUT2D eigenvalue weighted by molar-refractivity contribution is -0.122. The average Bonchev–Trinajstić information content (AvgIpc) is 3.01. The first kappa shape index (κ1) is 18.7. The molecule has 4 rings (SSSR count). The predicted molar refractivity (Wildman–Crippen MR) is 104 cm³/mol. The van der Waals surface area contributed by atoms with Crippen LogP contribution in [0.3, 0.4) is 0 Å². The van der Waals surface area contributed by atoms with Crippen LogP contribution < -0.4 is 22.4 Å². The first-order valence-electron chi connectivity index (χ1n) is 9.37. The minimum atomic E-state index is -0.809. The lowest BCUT2D eigenvalue weighted by Crippen LogP contribution is -2.34. The highest BCUT2D eigenvalue weighted by Crippen LogP contribution is 2.28. The number of amides is 2. The van der Waals surface area contributed by atoms with Crippen molar-refractivity contribution in [3.8, 4) is 0 Å². The number of primary amides is 1. The van der Waals surface area contributed by atoms with Gasteiger partial charge in [0.15, 0.2) is 5.58 Å². The summed E-state index contributed by atoms with van der Waals surface area (Å²) in [6, 6.07) is 8.16. The van der Waals surface area contributed by atoms with Crippen molar-refractivity contribution >= 4 is 22.9 Å². The van der Waals surface area contributed by atoms with Crippen LogP contribution in [0.5, 0.6) is 0 Å². The fourth-order valence-electron chi connectivity index (χ4n) is 3.78. The average molecular weight is 396 g/mol. The maximum Gasteiger partial charge on any atom is 0.419 e. The van der Waals surface area contributed by atoms with Crippen molar-refractivity contribution < 1.29 is 14.0 Å². The molecule has 2 aromatic heterocycles. The van der Waals surface area contributed by atoms with E-state index >= 15 is 0 Å². The Kier molecular flexibility index (Phi) is 4.79. The number of benzene rings is 1. The third-order valence-electron chi connectivity index (χ3n) is 5.19. The summed E-state index contributed by atoms with van der Waals surface area (Å²) < 4.78 is 6.60. The lowest BCUT2D eigenvalue weighted by Gasteiger charge is -2.26. The Balaban J connectivity index is 1.50. The van der Waals surface area contributed by atoms with E-state index in [0.717, 1.165) is 6.42 Å². The monoisotopic (exact) mass is 396 g/mol. The zero-order valence-electron chi connectivity index (χ0n) is 15.6. The molecule has 0 saturated heterocycles. The number of fused-ring (bicyclic) bond motifs is 2. The van der Waals surface area contributed by atoms with E-state index in [1.165, 1.54) is 10.6 Å². The van der Waals surface area contributed by atoms with Gasteiger partial charge in [-0.3, -0.25) is 19.0 Å². The third kappa shape index (κ3) is 3.58. The molecule has 1 aliphatic carbocycles. The smallest absolute Gasteiger partial charge is 0.408 e. The number of aromatic nitrogens is 2. The second-order valence-electron chi connectivity index (χ2n) is 7.06. The molecular formula is C20H20N4O5. The Morgan fingerprint density at radius 1 is 1.28 bits per heavy atom. The third-order valence-corrected chi connectivity index (χ3v) is 5.19. The molecule has 1 aromatic carbocycles. The number of pyridine rings is 1. The van der Waals surface area contributed by atoms with Crippen LogP contribution in [0.2, 0.25) is 0 Å². The topological polar surface area (TPSA) is 140 Å². The van der Waals surface area contributed by atoms with Crippen molar-refractivity contribution in [1.29, 1.82) is 0 Å². The van der Waals surface area contributed by atoms with Crippen LogP contribution in [0.25, 0.3) is 11.1 Å². The number of nitrogens with two attached hydrogens (primary N) is 1. The van der Waals surface area contributed by atoms with Crippen LogP contribution in [0, 0.1) is 0 Å². The molecule has 1 aliphatic rings. The van der Waals surface area contributed by atoms with Crippen molar-refractivity contribution in [1.82, 2.24) is 14.9 Å². The predicted octanol–water partition coefficient (Wildman–Crippen LogP) is 0.966. The molecule has 0 fully saturated rings. The van der Waals surface area contributed by atoms with Gasteiger partial charge in [-0.2, -0.15) is 0 Å². The van der Waals surface area contributed by atoms with E-state index in [1.807, 2.05) is 0 Å². The quantitative estimate of drug-likeness (QED) is 0.589. The first-order chi connectivity index (χ1) is 13.9. The number of hydrogen-bond donors (Lipinski definition) is 3. The summed E-state index contributed by atoms with van der Waals surface area (Å²) in [5, 5.41) is 2.93. The van der Waals surface area contributed by atoms with Crippen molar-refractivity contribution in [2.24, 2.45) is 5.73 Å². The van der Waals surface area contributed by atoms with Gasteiger partial charge in [-0.15, -0.1) is 0 Å². The zero-order chi connectivity index (χ0) is 20.5. The van der Waals surface area contributed by atoms with Crippen LogP contribution in [-0.4, -0.2) is 21.4 Å². The molecule has 0 spiro atoms. The number of aromatic amines is 1. The molecule has 9 nitrogen and oxygen atoms in total. The van der Waals surface area contributed by atoms with E-state index in [9.17, 15) is 19.2 Å². The maximum atomic E-state index is 12.5. The van der Waals surface area contributed by atoms with Gasteiger partial charge >= 0.3 is 5.76 Å². The number of H-pyrrole nitrogens is 1. The minimum absolute atomic E-state index is 0.0846. The van der Waals surface area contributed by atoms with E-state index in [0.29, 0.717) is 35.2 Å². The molecule has 1 atom stereocenters. The second kappa shape index (κ2) is 7.42. The molecule has 0 saturated carbocycles. The largest absolute Gasteiger partial charge is 0.419 e. The van der Waals surface area contributed by atoms with Crippen molar-refractivity contribution in [2.45, 2.75) is 38.3 Å². The normalized spacial score (nSPS) is 15.8. The van der Waals surface area contributed by atoms with Gasteiger partial charge in [0, 0.05) is 18.7 Å². The Bertz CT molecular complexity index is 1220. The number of carbonyl (C=O) groups excluding carboxylic acids is 2. The number of aryl methyl sites for hydroxylation is 2. The van der Waals surface area contributed by atoms with Crippen LogP contribution in [0.15, 0.2) is 44.3 Å². The van der Waals surface area contributed by atoms with Crippen molar-refractivity contribution in [2.75, 3.05) is 0 Å². The van der Waals surface area contributed by atoms with E-state index in [1.54, 1.807) is 24.3 Å². The van der Waals surface area contributed by atoms with E-state index in [4.69, 9.17) is 10.2 Å². The van der Waals surface area contributed by atoms with Gasteiger partial charge in [0.2, 0.25) is 5.91 Å². The van der Waals surface area contributed by atoms with Crippen LogP contribution in [0.4, 0.5) is 0 Å². The molecular weight excluding hydrogens is 376 g/mol. The highest BCUT2D eigenvalue weighted by atomic mass is 16.4. The highest BCUT2D eigenvalue weighted by molar-refractivity contribution is 5.92. The van der Waals surface area contributed by atoms with Gasteiger partial charge in [0.25, 0.3) is 11.5 Å². The highest BCUT2D eigenvalue weighted by Gasteiger charge is 2.25. The lowest BCUT2D eigenvalue weighted by atomic mass is 9.90. The summed E-state index contributed by atoms with van der Waals surface area (Å²) in [5.74, 6) is -1.56. The van der Waals surface area contributed by atoms with Gasteiger partial charge in [0.05, 0.1) is 11.6 Å². The van der Waals surface area contributed by atoms with Gasteiger partial charge in [-0.25, -0.2) is 4.79 Å². The van der Waals surface area contributed by atoms with Gasteiger partial charge < -0.3 is 20.5 Å². The van der Waals surface area contributed by atoms with Gasteiger partial charge in [-0.1, -0.05) is 12.1 Å². The molecule has 29 heavy (non-hydrogen) atoms. The number of para-hydroxylation sites is 2. The summed E-state index contributed by atoms with van der Waals surface area (Å²) in [4.78, 5) is 50.7. The van der Waals surface area contributed by atoms with Crippen LogP contribution in [-0.2, 0) is 17.8 Å². The number of hydrogen-bond acceptors (Lipinski definition) is 5. The zero-order valence-corrected chi connectivity index (χ0v) is 15.6. The minimum Gasteiger partial charge on any atom is -0.408 e. The molecule has 1 unspecified atom stereocenters. The SMILES string of the molecule is NC(=O)c1cc2c([nH]c1=O)CCCC2NC(=O)CCn1c(=O)oc2ccccc21. The molecule has 0 aliphatic heterocycles. The van der Waals surface area contributed by atoms with E-state index < -0.39 is 17.2 Å². The van der Waals surface area contributed by atoms with Crippen molar-refractivity contribution in [3.05, 3.63) is 68.1 Å². The Labute approximate surface area is 164 Å². The second-order valence-corrected chi connectivity index (χ2v) is 7.06. The Morgan fingerprint density at radius 2 is 2.07 bits per heavy atom. The first-order valence-corrected chi connectivity index (χ1v) is 9.37. The fraction of sp³-hybridized carbons (Fsp3) is 0.300. The summed E-state index contributed by atoms with van der Waals surface area (Å²) in [7, 11) is 0. The molecule has 9 heteroatoms. The van der Waals surface area contributed by atoms with E-state index in [2.05, 4.69) is 10.3 Å². The molecule has 4 N–H and O–H groups in total. The molecule has 3 aromatic rings. The van der Waals surface area contributed by atoms with Crippen LogP contribution >= 0.6 is 0 Å². The standard InChI is InChI=1S/C20H20N4O5/c21-18(26)12-10-11-13(4-3-5-14(11)23-19(12)27)22-17(25)8-9-24-15-6-1-2-7-16(15)29-20(24)28/h1-2,6-7,10,13H,3-5,8-9H2,(H2,21,26)(H,22,25)(H,23,27). The number of rotatable bonds is 5. The van der Waals surface area contributed by atoms with Crippen molar-refractivity contribution in [3.63, 3.8) is 0 Å². The summed E-state index contributed by atoms with van der Waals surface area (Å²) in [5.41, 5.74) is 7.14. The number of oxazole rings is 1. The Hall–Kier alpha value is -3.62. The molecule has 0 radical (unpaired) electrons. The van der Waals surface area contributed by atoms with Gasteiger partial charge in [0.1, 0.15) is 5.56 Å². The Morgan fingerprint density at radius 3 is 2.86 bits per heavy atom. The summed E-state index contributed by atoms with van der Waals surface area (Å²) in [6.45, 7) is 0.180. The summed E-state index contributed by atoms with van der Waals surface area (Å²) >= 11 is 0. The van der Waals surface area contributed by atoms with E-state index in [-0.39, 0.29) is 30.5 Å². The maximum absolute atomic E-state index is 12.5. The fourth-order valence-corrected chi connectivity index (χ4v) is 3.78. The van der Waals surface area contributed by atoms with Crippen LogP contribution in [0.1, 0.15) is 46.9 Å². The molecule has 150 valence electrons.